The van der Waals surface area contributed by atoms with Crippen molar-refractivity contribution in [3.05, 3.63) is 34.9 Å². The summed E-state index contributed by atoms with van der Waals surface area (Å²) in [6.07, 6.45) is 0.444. The van der Waals surface area contributed by atoms with E-state index in [0.717, 1.165) is 0 Å². The number of carbonyl (C=O) groups excluding carboxylic acids is 1. The minimum Gasteiger partial charge on any atom is -0.394 e. The van der Waals surface area contributed by atoms with E-state index < -0.39 is 5.54 Å². The van der Waals surface area contributed by atoms with Crippen molar-refractivity contribution in [2.45, 2.75) is 18.9 Å². The molecule has 1 rings (SSSR count). The predicted molar refractivity (Wildman–Crippen MR) is 66.1 cm³/mol. The number of benzene rings is 1. The van der Waals surface area contributed by atoms with Gasteiger partial charge in [-0.25, -0.2) is 0 Å². The van der Waals surface area contributed by atoms with Crippen LogP contribution in [-0.2, 0) is 0 Å². The van der Waals surface area contributed by atoms with Gasteiger partial charge in [-0.15, -0.1) is 0 Å². The molecular formula is C12H16ClNO3. The third-order valence-corrected chi connectivity index (χ3v) is 3.02. The molecule has 0 heterocycles. The first-order valence-electron chi connectivity index (χ1n) is 5.36. The molecule has 0 unspecified atom stereocenters. The van der Waals surface area contributed by atoms with Gasteiger partial charge in [0.1, 0.15) is 0 Å². The average Bonchev–Trinajstić information content (AvgIpc) is 2.37. The quantitative estimate of drug-likeness (QED) is 0.743. The summed E-state index contributed by atoms with van der Waals surface area (Å²) in [6.45, 7) is 1.17. The van der Waals surface area contributed by atoms with E-state index in [1.165, 1.54) is 0 Å². The lowest BCUT2D eigenvalue weighted by molar-refractivity contribution is 0.0653. The molecule has 0 fully saturated rings. The summed E-state index contributed by atoms with van der Waals surface area (Å²) in [6, 6.07) is 6.41. The van der Waals surface area contributed by atoms with Gasteiger partial charge in [0.05, 0.1) is 18.8 Å². The van der Waals surface area contributed by atoms with E-state index in [1.54, 1.807) is 31.2 Å². The second-order valence-electron chi connectivity index (χ2n) is 3.91. The van der Waals surface area contributed by atoms with E-state index in [9.17, 15) is 15.0 Å². The van der Waals surface area contributed by atoms with Gasteiger partial charge in [-0.2, -0.15) is 0 Å². The van der Waals surface area contributed by atoms with Gasteiger partial charge >= 0.3 is 0 Å². The molecule has 4 nitrogen and oxygen atoms in total. The summed E-state index contributed by atoms with van der Waals surface area (Å²) in [5, 5.41) is 21.6. The van der Waals surface area contributed by atoms with Crippen LogP contribution in [0.3, 0.4) is 0 Å². The highest BCUT2D eigenvalue weighted by molar-refractivity contribution is 6.30. The average molecular weight is 258 g/mol. The Labute approximate surface area is 105 Å². The molecule has 5 heteroatoms. The third-order valence-electron chi connectivity index (χ3n) is 2.77. The maximum Gasteiger partial charge on any atom is 0.251 e. The van der Waals surface area contributed by atoms with Gasteiger partial charge in [0.2, 0.25) is 0 Å². The monoisotopic (exact) mass is 257 g/mol. The lowest BCUT2D eigenvalue weighted by Crippen LogP contribution is -2.53. The summed E-state index contributed by atoms with van der Waals surface area (Å²) in [5.41, 5.74) is -0.536. The number of hydrogen-bond acceptors (Lipinski definition) is 3. The van der Waals surface area contributed by atoms with Crippen molar-refractivity contribution in [2.75, 3.05) is 13.2 Å². The predicted octanol–water partition coefficient (Wildman–Crippen LogP) is 1.20. The SMILES string of the molecule is CCC(CO)(CO)NC(=O)c1ccc(Cl)cc1. The molecule has 3 N–H and O–H groups in total. The third kappa shape index (κ3) is 3.43. The molecule has 0 spiro atoms. The Balaban J connectivity index is 2.81. The first kappa shape index (κ1) is 14.0. The van der Waals surface area contributed by atoms with Crippen molar-refractivity contribution >= 4 is 17.5 Å². The summed E-state index contributed by atoms with van der Waals surface area (Å²) in [7, 11) is 0. The zero-order valence-electron chi connectivity index (χ0n) is 9.61. The van der Waals surface area contributed by atoms with Crippen molar-refractivity contribution in [2.24, 2.45) is 0 Å². The van der Waals surface area contributed by atoms with Crippen LogP contribution in [0.25, 0.3) is 0 Å². The summed E-state index contributed by atoms with van der Waals surface area (Å²) in [4.78, 5) is 11.9. The first-order valence-corrected chi connectivity index (χ1v) is 5.74. The Morgan fingerprint density at radius 1 is 1.29 bits per heavy atom. The van der Waals surface area contributed by atoms with Crippen LogP contribution >= 0.6 is 11.6 Å². The smallest absolute Gasteiger partial charge is 0.251 e. The second kappa shape index (κ2) is 6.00. The molecule has 94 valence electrons. The van der Waals surface area contributed by atoms with Crippen LogP contribution in [-0.4, -0.2) is 34.9 Å². The van der Waals surface area contributed by atoms with Gasteiger partial charge in [0, 0.05) is 10.6 Å². The lowest BCUT2D eigenvalue weighted by atomic mass is 9.98. The molecule has 1 amide bonds. The molecule has 0 aliphatic rings. The molecule has 0 aliphatic carbocycles. The molecule has 1 aromatic rings. The van der Waals surface area contributed by atoms with E-state index in [1.807, 2.05) is 0 Å². The molecule has 0 saturated carbocycles. The van der Waals surface area contributed by atoms with Gasteiger partial charge in [-0.1, -0.05) is 18.5 Å². The molecule has 0 radical (unpaired) electrons. The van der Waals surface area contributed by atoms with Gasteiger partial charge in [0.15, 0.2) is 0 Å². The topological polar surface area (TPSA) is 69.6 Å². The first-order chi connectivity index (χ1) is 8.06. The number of nitrogens with one attached hydrogen (secondary N) is 1. The number of halogens is 1. The van der Waals surface area contributed by atoms with Crippen LogP contribution in [0.5, 0.6) is 0 Å². The summed E-state index contributed by atoms with van der Waals surface area (Å²) < 4.78 is 0. The van der Waals surface area contributed by atoms with Crippen LogP contribution in [0.15, 0.2) is 24.3 Å². The number of carbonyl (C=O) groups is 1. The number of rotatable bonds is 5. The largest absolute Gasteiger partial charge is 0.394 e. The Hall–Kier alpha value is -1.10. The molecule has 0 atom stereocenters. The van der Waals surface area contributed by atoms with Crippen LogP contribution in [0, 0.1) is 0 Å². The Bertz CT molecular complexity index is 366. The van der Waals surface area contributed by atoms with Crippen molar-refractivity contribution in [3.8, 4) is 0 Å². The second-order valence-corrected chi connectivity index (χ2v) is 4.35. The van der Waals surface area contributed by atoms with Crippen molar-refractivity contribution in [1.29, 1.82) is 0 Å². The number of amides is 1. The van der Waals surface area contributed by atoms with Crippen LogP contribution < -0.4 is 5.32 Å². The molecule has 0 aromatic heterocycles. The maximum absolute atomic E-state index is 11.9. The maximum atomic E-state index is 11.9. The number of aliphatic hydroxyl groups is 2. The van der Waals surface area contributed by atoms with Crippen molar-refractivity contribution in [3.63, 3.8) is 0 Å². The zero-order chi connectivity index (χ0) is 12.9. The molecular weight excluding hydrogens is 242 g/mol. The summed E-state index contributed by atoms with van der Waals surface area (Å²) >= 11 is 5.72. The Kier molecular flexibility index (Phi) is 4.93. The van der Waals surface area contributed by atoms with Gasteiger partial charge < -0.3 is 15.5 Å². The van der Waals surface area contributed by atoms with E-state index in [0.29, 0.717) is 17.0 Å². The molecule has 17 heavy (non-hydrogen) atoms. The lowest BCUT2D eigenvalue weighted by Gasteiger charge is -2.29. The van der Waals surface area contributed by atoms with E-state index in [2.05, 4.69) is 5.32 Å². The summed E-state index contributed by atoms with van der Waals surface area (Å²) in [5.74, 6) is -0.341. The fraction of sp³-hybridized carbons (Fsp3) is 0.417. The van der Waals surface area contributed by atoms with Crippen molar-refractivity contribution in [1.82, 2.24) is 5.32 Å². The number of hydrogen-bond donors (Lipinski definition) is 3. The van der Waals surface area contributed by atoms with Crippen molar-refractivity contribution < 1.29 is 15.0 Å². The fourth-order valence-corrected chi connectivity index (χ4v) is 1.48. The van der Waals surface area contributed by atoms with Crippen LogP contribution in [0.4, 0.5) is 0 Å². The fourth-order valence-electron chi connectivity index (χ4n) is 1.36. The highest BCUT2D eigenvalue weighted by Gasteiger charge is 2.28. The van der Waals surface area contributed by atoms with Crippen LogP contribution in [0.1, 0.15) is 23.7 Å². The van der Waals surface area contributed by atoms with Gasteiger partial charge in [-0.3, -0.25) is 4.79 Å². The zero-order valence-corrected chi connectivity index (χ0v) is 10.4. The van der Waals surface area contributed by atoms with E-state index in [4.69, 9.17) is 11.6 Å². The minimum atomic E-state index is -0.975. The van der Waals surface area contributed by atoms with E-state index in [-0.39, 0.29) is 19.1 Å². The standard InChI is InChI=1S/C12H16ClNO3/c1-2-12(7-15,8-16)14-11(17)9-3-5-10(13)6-4-9/h3-6,15-16H,2,7-8H2,1H3,(H,14,17). The molecule has 0 bridgehead atoms. The number of aliphatic hydroxyl groups excluding tert-OH is 2. The molecule has 0 saturated heterocycles. The van der Waals surface area contributed by atoms with Gasteiger partial charge in [0.25, 0.3) is 5.91 Å². The highest BCUT2D eigenvalue weighted by Crippen LogP contribution is 2.13. The molecule has 1 aromatic carbocycles. The molecule has 0 aliphatic heterocycles. The Morgan fingerprint density at radius 2 is 1.82 bits per heavy atom. The minimum absolute atomic E-state index is 0.306. The van der Waals surface area contributed by atoms with Gasteiger partial charge in [-0.05, 0) is 30.7 Å². The highest BCUT2D eigenvalue weighted by atomic mass is 35.5. The van der Waals surface area contributed by atoms with Crippen LogP contribution in [0.2, 0.25) is 5.02 Å². The van der Waals surface area contributed by atoms with E-state index >= 15 is 0 Å². The normalized spacial score (nSPS) is 11.3. The Morgan fingerprint density at radius 3 is 2.24 bits per heavy atom.